The van der Waals surface area contributed by atoms with Crippen molar-refractivity contribution in [3.63, 3.8) is 0 Å². The van der Waals surface area contributed by atoms with E-state index >= 15 is 0 Å². The van der Waals surface area contributed by atoms with Crippen molar-refractivity contribution in [2.24, 2.45) is 0 Å². The molecule has 1 aliphatic rings. The molecule has 3 aromatic rings. The highest BCUT2D eigenvalue weighted by atomic mass is 32.1. The first-order valence-corrected chi connectivity index (χ1v) is 9.75. The number of allylic oxidation sites excluding steroid dienone is 2. The number of anilines is 2. The number of fused-ring (bicyclic) bond motifs is 1. The van der Waals surface area contributed by atoms with Crippen molar-refractivity contribution in [3.8, 4) is 10.6 Å². The lowest BCUT2D eigenvalue weighted by Crippen LogP contribution is -2.87. The monoisotopic (exact) mass is 392 g/mol. The fraction of sp³-hybridized carbons (Fsp3) is 0.0952. The first-order valence-electron chi connectivity index (χ1n) is 8.93. The maximum Gasteiger partial charge on any atom is 0.212 e. The summed E-state index contributed by atoms with van der Waals surface area (Å²) in [5.41, 5.74) is 16.1. The van der Waals surface area contributed by atoms with Crippen LogP contribution in [0.15, 0.2) is 61.2 Å². The van der Waals surface area contributed by atoms with E-state index in [4.69, 9.17) is 10.7 Å². The van der Waals surface area contributed by atoms with Crippen LogP contribution in [0.3, 0.4) is 0 Å². The summed E-state index contributed by atoms with van der Waals surface area (Å²) in [6.07, 6.45) is 5.56. The number of aromatic nitrogens is 1. The number of nitrogens with zero attached hydrogens (tertiary/aromatic N) is 2. The minimum absolute atomic E-state index is 0.0524. The summed E-state index contributed by atoms with van der Waals surface area (Å²) < 4.78 is 0. The minimum Gasteiger partial charge on any atom is -0.398 e. The molecule has 7 heteroatoms. The third-order valence-electron chi connectivity index (χ3n) is 4.51. The van der Waals surface area contributed by atoms with Gasteiger partial charge in [0.05, 0.1) is 23.7 Å². The highest BCUT2D eigenvalue weighted by molar-refractivity contribution is 7.15. The van der Waals surface area contributed by atoms with Crippen LogP contribution in [0.2, 0.25) is 0 Å². The molecule has 0 fully saturated rings. The fourth-order valence-corrected chi connectivity index (χ4v) is 3.91. The molecular formula is C21H22N5OS+. The molecule has 142 valence electrons. The number of benzene rings is 1. The zero-order chi connectivity index (χ0) is 19.5. The van der Waals surface area contributed by atoms with Gasteiger partial charge in [-0.1, -0.05) is 36.4 Å². The second-order valence-corrected chi connectivity index (χ2v) is 7.62. The zero-order valence-electron chi connectivity index (χ0n) is 15.3. The fourth-order valence-electron chi connectivity index (χ4n) is 3.08. The molecule has 6 nitrogen and oxygen atoms in total. The molecule has 0 bridgehead atoms. The smallest absolute Gasteiger partial charge is 0.212 e. The van der Waals surface area contributed by atoms with E-state index < -0.39 is 0 Å². The van der Waals surface area contributed by atoms with Crippen molar-refractivity contribution < 1.29 is 10.5 Å². The SMILES string of the molecule is C=CC=Cc1cc(CN2N[NH2+]c3ccc(-c4ccc(CO)s4)nc32)ccc1N. The van der Waals surface area contributed by atoms with Crippen LogP contribution in [0.5, 0.6) is 0 Å². The number of aliphatic hydroxyl groups excluding tert-OH is 1. The van der Waals surface area contributed by atoms with Gasteiger partial charge in [0.15, 0.2) is 5.69 Å². The van der Waals surface area contributed by atoms with Gasteiger partial charge in [0.25, 0.3) is 0 Å². The molecule has 1 aromatic carbocycles. The molecule has 2 aromatic heterocycles. The maximum absolute atomic E-state index is 9.30. The molecule has 4 rings (SSSR count). The molecule has 0 saturated carbocycles. The number of hydrogen-bond acceptors (Lipinski definition) is 6. The number of hydrazine groups is 1. The highest BCUT2D eigenvalue weighted by Gasteiger charge is 2.25. The summed E-state index contributed by atoms with van der Waals surface area (Å²) in [4.78, 5) is 6.82. The molecule has 0 aliphatic carbocycles. The first kappa shape index (κ1) is 18.4. The van der Waals surface area contributed by atoms with Gasteiger partial charge in [0.1, 0.15) is 0 Å². The Bertz CT molecular complexity index is 1040. The second-order valence-electron chi connectivity index (χ2n) is 6.45. The number of thiophene rings is 1. The van der Waals surface area contributed by atoms with Gasteiger partial charge in [-0.2, -0.15) is 0 Å². The van der Waals surface area contributed by atoms with Crippen molar-refractivity contribution in [1.82, 2.24) is 10.5 Å². The average Bonchev–Trinajstić information content (AvgIpc) is 3.35. The van der Waals surface area contributed by atoms with E-state index in [1.165, 1.54) is 0 Å². The molecule has 1 aliphatic heterocycles. The Morgan fingerprint density at radius 3 is 2.93 bits per heavy atom. The number of rotatable bonds is 6. The topological polar surface area (TPSA) is 91.0 Å². The molecule has 28 heavy (non-hydrogen) atoms. The summed E-state index contributed by atoms with van der Waals surface area (Å²) in [6, 6.07) is 14.0. The van der Waals surface area contributed by atoms with Gasteiger partial charge in [0, 0.05) is 16.6 Å². The van der Waals surface area contributed by atoms with Gasteiger partial charge < -0.3 is 10.8 Å². The number of nitrogens with one attached hydrogen (secondary N) is 1. The molecule has 0 atom stereocenters. The van der Waals surface area contributed by atoms with Gasteiger partial charge in [-0.25, -0.2) is 15.4 Å². The lowest BCUT2D eigenvalue weighted by Gasteiger charge is -2.15. The van der Waals surface area contributed by atoms with E-state index in [0.717, 1.165) is 43.8 Å². The number of nitrogens with two attached hydrogens (primary N) is 2. The van der Waals surface area contributed by atoms with Gasteiger partial charge in [-0.15, -0.1) is 11.3 Å². The van der Waals surface area contributed by atoms with E-state index in [9.17, 15) is 5.11 Å². The van der Waals surface area contributed by atoms with E-state index in [2.05, 4.69) is 24.2 Å². The second kappa shape index (κ2) is 7.95. The van der Waals surface area contributed by atoms with Crippen LogP contribution in [0.1, 0.15) is 16.0 Å². The Morgan fingerprint density at radius 1 is 1.25 bits per heavy atom. The summed E-state index contributed by atoms with van der Waals surface area (Å²) in [7, 11) is 0. The normalized spacial score (nSPS) is 13.2. The van der Waals surface area contributed by atoms with Crippen LogP contribution >= 0.6 is 11.3 Å². The van der Waals surface area contributed by atoms with Crippen molar-refractivity contribution in [3.05, 3.63) is 77.2 Å². The van der Waals surface area contributed by atoms with Crippen molar-refractivity contribution in [2.45, 2.75) is 13.2 Å². The van der Waals surface area contributed by atoms with Crippen LogP contribution in [-0.2, 0) is 13.2 Å². The average molecular weight is 393 g/mol. The quantitative estimate of drug-likeness (QED) is 0.294. The zero-order valence-corrected chi connectivity index (χ0v) is 16.1. The van der Waals surface area contributed by atoms with Gasteiger partial charge in [-0.3, -0.25) is 0 Å². The third kappa shape index (κ3) is 3.69. The summed E-state index contributed by atoms with van der Waals surface area (Å²) in [5.74, 6) is 0.886. The van der Waals surface area contributed by atoms with Crippen LogP contribution in [0.25, 0.3) is 16.6 Å². The predicted octanol–water partition coefficient (Wildman–Crippen LogP) is 2.72. The summed E-state index contributed by atoms with van der Waals surface area (Å²) >= 11 is 1.56. The molecule has 6 N–H and O–H groups in total. The third-order valence-corrected chi connectivity index (χ3v) is 5.60. The van der Waals surface area contributed by atoms with E-state index in [-0.39, 0.29) is 6.61 Å². The standard InChI is InChI=1S/C21H21N5OS/c1-2-3-4-15-11-14(5-7-17(15)22)12-26-21-19(24-25-26)9-8-18(23-21)20-10-6-16(13-27)28-20/h2-11,24-25,27H,1,12-13,22H2/p+1. The van der Waals surface area contributed by atoms with Gasteiger partial charge in [0.2, 0.25) is 5.82 Å². The molecule has 0 radical (unpaired) electrons. The Morgan fingerprint density at radius 2 is 2.14 bits per heavy atom. The molecule has 0 unspecified atom stereocenters. The number of nitrogen functional groups attached to an aromatic ring is 1. The molecule has 0 spiro atoms. The Balaban J connectivity index is 1.60. The Kier molecular flexibility index (Phi) is 5.23. The van der Waals surface area contributed by atoms with Crippen LogP contribution in [0, 0.1) is 0 Å². The maximum atomic E-state index is 9.30. The largest absolute Gasteiger partial charge is 0.398 e. The summed E-state index contributed by atoms with van der Waals surface area (Å²) in [5, 5.41) is 11.3. The van der Waals surface area contributed by atoms with Crippen molar-refractivity contribution >= 4 is 34.6 Å². The molecule has 3 heterocycles. The van der Waals surface area contributed by atoms with Crippen LogP contribution in [0.4, 0.5) is 17.2 Å². The van der Waals surface area contributed by atoms with E-state index in [0.29, 0.717) is 6.54 Å². The van der Waals surface area contributed by atoms with E-state index in [1.54, 1.807) is 17.4 Å². The number of quaternary nitrogens is 1. The van der Waals surface area contributed by atoms with Crippen LogP contribution < -0.4 is 21.7 Å². The number of pyridine rings is 1. The van der Waals surface area contributed by atoms with Crippen molar-refractivity contribution in [1.29, 1.82) is 0 Å². The van der Waals surface area contributed by atoms with Gasteiger partial charge in [-0.05, 0) is 41.5 Å². The molecule has 0 saturated heterocycles. The lowest BCUT2D eigenvalue weighted by molar-refractivity contribution is -0.626. The van der Waals surface area contributed by atoms with Gasteiger partial charge >= 0.3 is 0 Å². The molecule has 0 amide bonds. The first-order chi connectivity index (χ1) is 13.7. The lowest BCUT2D eigenvalue weighted by atomic mass is 10.1. The minimum atomic E-state index is 0.0524. The van der Waals surface area contributed by atoms with E-state index in [1.807, 2.05) is 52.9 Å². The summed E-state index contributed by atoms with van der Waals surface area (Å²) in [6.45, 7) is 4.41. The highest BCUT2D eigenvalue weighted by Crippen LogP contribution is 2.31. The number of aliphatic hydroxyl groups is 1. The van der Waals surface area contributed by atoms with Crippen LogP contribution in [-0.4, -0.2) is 10.1 Å². The Labute approximate surface area is 167 Å². The number of hydrogen-bond donors (Lipinski definition) is 4. The van der Waals surface area contributed by atoms with Crippen molar-refractivity contribution in [2.75, 3.05) is 10.7 Å². The predicted molar refractivity (Wildman–Crippen MR) is 114 cm³/mol. The Hall–Kier alpha value is -2.97. The molecular weight excluding hydrogens is 370 g/mol.